The number of carbonyl (C=O) groups excluding carboxylic acids is 1. The molecule has 1 heterocycles. The third-order valence-corrected chi connectivity index (χ3v) is 4.65. The summed E-state index contributed by atoms with van der Waals surface area (Å²) in [6, 6.07) is 0. The van der Waals surface area contributed by atoms with E-state index in [0.717, 1.165) is 30.5 Å². The van der Waals surface area contributed by atoms with E-state index in [4.69, 9.17) is 0 Å². The van der Waals surface area contributed by atoms with Crippen LogP contribution < -0.4 is 0 Å². The fourth-order valence-electron chi connectivity index (χ4n) is 3.62. The van der Waals surface area contributed by atoms with Gasteiger partial charge in [0, 0.05) is 19.5 Å². The average molecular weight is 247 g/mol. The molecular weight excluding hydrogens is 226 g/mol. The van der Waals surface area contributed by atoms with Crippen molar-refractivity contribution in [3.8, 4) is 0 Å². The quantitative estimate of drug-likeness (QED) is 0.832. The molecule has 0 amide bonds. The van der Waals surface area contributed by atoms with Crippen LogP contribution in [-0.2, 0) is 4.79 Å². The van der Waals surface area contributed by atoms with E-state index in [1.54, 1.807) is 12.2 Å². The van der Waals surface area contributed by atoms with Gasteiger partial charge in [-0.05, 0) is 42.7 Å². The van der Waals surface area contributed by atoms with Crippen molar-refractivity contribution in [3.05, 3.63) is 23.5 Å². The van der Waals surface area contributed by atoms with Gasteiger partial charge in [-0.15, -0.1) is 0 Å². The predicted molar refractivity (Wildman–Crippen MR) is 70.3 cm³/mol. The van der Waals surface area contributed by atoms with E-state index in [-0.39, 0.29) is 5.78 Å². The molecule has 0 aromatic heterocycles. The van der Waals surface area contributed by atoms with Crippen LogP contribution in [0.5, 0.6) is 0 Å². The van der Waals surface area contributed by atoms with Gasteiger partial charge in [-0.25, -0.2) is 0 Å². The molecule has 0 spiro atoms. The van der Waals surface area contributed by atoms with E-state index in [1.165, 1.54) is 19.3 Å². The number of nitrogens with zero attached hydrogens (tertiary/aromatic N) is 1. The number of carbonyl (C=O) groups is 1. The van der Waals surface area contributed by atoms with Crippen LogP contribution in [0.1, 0.15) is 32.1 Å². The van der Waals surface area contributed by atoms with Gasteiger partial charge in [-0.3, -0.25) is 9.69 Å². The summed E-state index contributed by atoms with van der Waals surface area (Å²) in [5.41, 5.74) is 0.879. The molecule has 1 aliphatic heterocycles. The number of ketones is 1. The van der Waals surface area contributed by atoms with Crippen LogP contribution in [0.4, 0.5) is 0 Å². The summed E-state index contributed by atoms with van der Waals surface area (Å²) < 4.78 is 0. The highest BCUT2D eigenvalue weighted by Crippen LogP contribution is 2.37. The van der Waals surface area contributed by atoms with Crippen molar-refractivity contribution in [1.29, 1.82) is 0 Å². The van der Waals surface area contributed by atoms with Crippen LogP contribution in [-0.4, -0.2) is 35.4 Å². The summed E-state index contributed by atoms with van der Waals surface area (Å²) >= 11 is 0. The van der Waals surface area contributed by atoms with Crippen LogP contribution >= 0.6 is 0 Å². The molecule has 3 rings (SSSR count). The van der Waals surface area contributed by atoms with E-state index in [0.29, 0.717) is 25.1 Å². The van der Waals surface area contributed by atoms with Gasteiger partial charge >= 0.3 is 0 Å². The number of hydrogen-bond acceptors (Lipinski definition) is 3. The molecule has 0 radical (unpaired) electrons. The second kappa shape index (κ2) is 4.88. The van der Waals surface area contributed by atoms with Gasteiger partial charge in [0.15, 0.2) is 5.78 Å². The monoisotopic (exact) mass is 247 g/mol. The molecule has 2 unspecified atom stereocenters. The summed E-state index contributed by atoms with van der Waals surface area (Å²) in [7, 11) is 0. The molecule has 0 aromatic carbocycles. The van der Waals surface area contributed by atoms with Crippen molar-refractivity contribution in [2.75, 3.05) is 19.6 Å². The highest BCUT2D eigenvalue weighted by molar-refractivity contribution is 5.97. The molecule has 1 N–H and O–H groups in total. The fraction of sp³-hybridized carbons (Fsp3) is 0.667. The molecule has 2 atom stereocenters. The van der Waals surface area contributed by atoms with Crippen LogP contribution in [0.3, 0.4) is 0 Å². The molecule has 1 saturated heterocycles. The lowest BCUT2D eigenvalue weighted by Crippen LogP contribution is -2.29. The Morgan fingerprint density at radius 1 is 1.22 bits per heavy atom. The first-order valence-corrected chi connectivity index (χ1v) is 7.06. The number of rotatable bonds is 3. The van der Waals surface area contributed by atoms with Crippen LogP contribution in [0.25, 0.3) is 0 Å². The van der Waals surface area contributed by atoms with Crippen LogP contribution in [0.2, 0.25) is 0 Å². The zero-order valence-corrected chi connectivity index (χ0v) is 10.8. The summed E-state index contributed by atoms with van der Waals surface area (Å²) in [5, 5.41) is 9.30. The number of fused-ring (bicyclic) bond motifs is 1. The van der Waals surface area contributed by atoms with Crippen LogP contribution in [0.15, 0.2) is 23.5 Å². The maximum absolute atomic E-state index is 12.2. The molecule has 3 heteroatoms. The Morgan fingerprint density at radius 3 is 2.56 bits per heavy atom. The molecule has 2 aliphatic carbocycles. The Labute approximate surface area is 108 Å². The van der Waals surface area contributed by atoms with Gasteiger partial charge in [0.2, 0.25) is 0 Å². The summed E-state index contributed by atoms with van der Waals surface area (Å²) in [6.45, 7) is 2.81. The minimum Gasteiger partial charge on any atom is -0.512 e. The zero-order chi connectivity index (χ0) is 12.5. The SMILES string of the molecule is O=C(CN1CC2CCCC2C1)C1=CC=C(O)CC1. The van der Waals surface area contributed by atoms with Crippen molar-refractivity contribution in [2.24, 2.45) is 11.8 Å². The molecule has 18 heavy (non-hydrogen) atoms. The molecule has 0 bridgehead atoms. The standard InChI is InChI=1S/C15H21NO2/c17-14-6-4-11(5-7-14)15(18)10-16-8-12-2-1-3-13(12)9-16/h4,6,12-13,17H,1-3,5,7-10H2. The first kappa shape index (κ1) is 12.0. The summed E-state index contributed by atoms with van der Waals surface area (Å²) in [6.07, 6.45) is 8.86. The van der Waals surface area contributed by atoms with Gasteiger partial charge in [0.1, 0.15) is 0 Å². The van der Waals surface area contributed by atoms with Gasteiger partial charge in [-0.1, -0.05) is 12.5 Å². The number of likely N-dealkylation sites (tertiary alicyclic amines) is 1. The van der Waals surface area contributed by atoms with Gasteiger partial charge in [0.25, 0.3) is 0 Å². The Kier molecular flexibility index (Phi) is 3.25. The van der Waals surface area contributed by atoms with Gasteiger partial charge in [0.05, 0.1) is 12.3 Å². The Bertz CT molecular complexity index is 399. The topological polar surface area (TPSA) is 40.5 Å². The third-order valence-electron chi connectivity index (χ3n) is 4.65. The summed E-state index contributed by atoms with van der Waals surface area (Å²) in [4.78, 5) is 14.5. The first-order chi connectivity index (χ1) is 8.72. The number of Topliss-reactive ketones (excluding diaryl/α,β-unsaturated/α-hetero) is 1. The Balaban J connectivity index is 1.56. The molecule has 98 valence electrons. The number of allylic oxidation sites excluding steroid dienone is 3. The Hall–Kier alpha value is -1.09. The lowest BCUT2D eigenvalue weighted by atomic mass is 10.00. The lowest BCUT2D eigenvalue weighted by molar-refractivity contribution is -0.116. The molecular formula is C15H21NO2. The van der Waals surface area contributed by atoms with Crippen molar-refractivity contribution in [2.45, 2.75) is 32.1 Å². The number of aliphatic hydroxyl groups is 1. The van der Waals surface area contributed by atoms with E-state index in [9.17, 15) is 9.90 Å². The highest BCUT2D eigenvalue weighted by Gasteiger charge is 2.36. The maximum Gasteiger partial charge on any atom is 0.172 e. The molecule has 0 aromatic rings. The van der Waals surface area contributed by atoms with E-state index in [1.807, 2.05) is 0 Å². The normalized spacial score (nSPS) is 32.0. The second-order valence-electron chi connectivity index (χ2n) is 5.92. The predicted octanol–water partition coefficient (Wildman–Crippen LogP) is 2.45. The van der Waals surface area contributed by atoms with Crippen molar-refractivity contribution < 1.29 is 9.90 Å². The van der Waals surface area contributed by atoms with Crippen molar-refractivity contribution >= 4 is 5.78 Å². The number of aliphatic hydroxyl groups excluding tert-OH is 1. The van der Waals surface area contributed by atoms with Crippen LogP contribution in [0, 0.1) is 11.8 Å². The minimum absolute atomic E-state index is 0.249. The summed E-state index contributed by atoms with van der Waals surface area (Å²) in [5.74, 6) is 2.34. The zero-order valence-electron chi connectivity index (χ0n) is 10.8. The minimum atomic E-state index is 0.249. The second-order valence-corrected chi connectivity index (χ2v) is 5.92. The third kappa shape index (κ3) is 2.37. The maximum atomic E-state index is 12.2. The fourth-order valence-corrected chi connectivity index (χ4v) is 3.62. The number of hydrogen-bond donors (Lipinski definition) is 1. The molecule has 2 fully saturated rings. The van der Waals surface area contributed by atoms with E-state index >= 15 is 0 Å². The molecule has 1 saturated carbocycles. The van der Waals surface area contributed by atoms with E-state index < -0.39 is 0 Å². The Morgan fingerprint density at radius 2 is 1.94 bits per heavy atom. The average Bonchev–Trinajstić information content (AvgIpc) is 2.90. The first-order valence-electron chi connectivity index (χ1n) is 7.06. The highest BCUT2D eigenvalue weighted by atomic mass is 16.3. The van der Waals surface area contributed by atoms with Gasteiger partial charge < -0.3 is 5.11 Å². The largest absolute Gasteiger partial charge is 0.512 e. The van der Waals surface area contributed by atoms with Gasteiger partial charge in [-0.2, -0.15) is 0 Å². The van der Waals surface area contributed by atoms with E-state index in [2.05, 4.69) is 4.90 Å². The smallest absolute Gasteiger partial charge is 0.172 e. The molecule has 3 aliphatic rings. The van der Waals surface area contributed by atoms with Crippen molar-refractivity contribution in [1.82, 2.24) is 4.90 Å². The molecule has 3 nitrogen and oxygen atoms in total. The lowest BCUT2D eigenvalue weighted by Gasteiger charge is -2.17. The van der Waals surface area contributed by atoms with Crippen molar-refractivity contribution in [3.63, 3.8) is 0 Å².